The highest BCUT2D eigenvalue weighted by Crippen LogP contribution is 2.32. The highest BCUT2D eigenvalue weighted by molar-refractivity contribution is 6.32. The van der Waals surface area contributed by atoms with E-state index in [0.29, 0.717) is 16.5 Å². The molecule has 2 N–H and O–H groups in total. The van der Waals surface area contributed by atoms with Crippen molar-refractivity contribution in [3.63, 3.8) is 0 Å². The van der Waals surface area contributed by atoms with E-state index in [2.05, 4.69) is 6.07 Å². The number of ether oxygens (including phenoxy) is 1. The summed E-state index contributed by atoms with van der Waals surface area (Å²) in [5.41, 5.74) is 6.28. The van der Waals surface area contributed by atoms with Gasteiger partial charge in [-0.3, -0.25) is 0 Å². The van der Waals surface area contributed by atoms with Crippen LogP contribution >= 0.6 is 24.0 Å². The number of fused-ring (bicyclic) bond motifs is 1. The second kappa shape index (κ2) is 6.04. The molecule has 0 unspecified atom stereocenters. The first-order valence-corrected chi connectivity index (χ1v) is 6.32. The van der Waals surface area contributed by atoms with Crippen molar-refractivity contribution in [2.24, 2.45) is 0 Å². The molecule has 0 saturated carbocycles. The number of nitrogen functional groups attached to an aromatic ring is 1. The Morgan fingerprint density at radius 2 is 1.60 bits per heavy atom. The highest BCUT2D eigenvalue weighted by Gasteiger charge is 2.04. The van der Waals surface area contributed by atoms with Crippen molar-refractivity contribution in [3.05, 3.63) is 65.7 Å². The molecule has 3 rings (SSSR count). The molecule has 0 heterocycles. The van der Waals surface area contributed by atoms with Crippen LogP contribution in [0.2, 0.25) is 5.02 Å². The smallest absolute Gasteiger partial charge is 0.146 e. The highest BCUT2D eigenvalue weighted by atomic mass is 35.5. The standard InChI is InChI=1S/C16H12ClNO.ClH/c17-15-10-13(18)6-8-16(15)19-14-7-5-11-3-1-2-4-12(11)9-14;/h1-10H,18H2;1H. The molecule has 0 aliphatic heterocycles. The Labute approximate surface area is 128 Å². The molecule has 4 heteroatoms. The van der Waals surface area contributed by atoms with Gasteiger partial charge in [0.2, 0.25) is 0 Å². The summed E-state index contributed by atoms with van der Waals surface area (Å²) in [6, 6.07) is 19.3. The predicted octanol–water partition coefficient (Wildman–Crippen LogP) is 5.29. The van der Waals surface area contributed by atoms with Crippen molar-refractivity contribution >= 4 is 40.5 Å². The maximum atomic E-state index is 6.09. The molecule has 0 spiro atoms. The minimum atomic E-state index is 0. The molecule has 3 aromatic rings. The lowest BCUT2D eigenvalue weighted by atomic mass is 10.1. The van der Waals surface area contributed by atoms with Crippen LogP contribution in [0.4, 0.5) is 5.69 Å². The maximum absolute atomic E-state index is 6.09. The van der Waals surface area contributed by atoms with Gasteiger partial charge in [0.1, 0.15) is 11.5 Å². The number of hydrogen-bond acceptors (Lipinski definition) is 2. The van der Waals surface area contributed by atoms with Gasteiger partial charge in [-0.15, -0.1) is 12.4 Å². The van der Waals surface area contributed by atoms with Crippen LogP contribution in [0, 0.1) is 0 Å². The van der Waals surface area contributed by atoms with Gasteiger partial charge in [-0.1, -0.05) is 41.9 Å². The third-order valence-corrected chi connectivity index (χ3v) is 3.20. The fourth-order valence-corrected chi connectivity index (χ4v) is 2.19. The van der Waals surface area contributed by atoms with Gasteiger partial charge < -0.3 is 10.5 Å². The van der Waals surface area contributed by atoms with Gasteiger partial charge in [-0.2, -0.15) is 0 Å². The molecule has 0 amide bonds. The van der Waals surface area contributed by atoms with Gasteiger partial charge in [0.05, 0.1) is 5.02 Å². The zero-order chi connectivity index (χ0) is 13.2. The van der Waals surface area contributed by atoms with Crippen LogP contribution in [0.5, 0.6) is 11.5 Å². The Bertz CT molecular complexity index is 743. The lowest BCUT2D eigenvalue weighted by Crippen LogP contribution is -1.88. The summed E-state index contributed by atoms with van der Waals surface area (Å²) in [7, 11) is 0. The van der Waals surface area contributed by atoms with Gasteiger partial charge in [-0.05, 0) is 41.1 Å². The summed E-state index contributed by atoms with van der Waals surface area (Å²) in [5, 5.41) is 2.82. The molecule has 20 heavy (non-hydrogen) atoms. The van der Waals surface area contributed by atoms with Gasteiger partial charge >= 0.3 is 0 Å². The first-order chi connectivity index (χ1) is 9.22. The van der Waals surface area contributed by atoms with Gasteiger partial charge in [0.15, 0.2) is 0 Å². The molecule has 0 bridgehead atoms. The minimum Gasteiger partial charge on any atom is -0.456 e. The molecule has 3 aromatic carbocycles. The number of rotatable bonds is 2. The van der Waals surface area contributed by atoms with Crippen LogP contribution < -0.4 is 10.5 Å². The average molecular weight is 306 g/mol. The SMILES string of the molecule is Cl.Nc1ccc(Oc2ccc3ccccc3c2)c(Cl)c1. The van der Waals surface area contributed by atoms with Crippen LogP contribution in [0.15, 0.2) is 60.7 Å². The normalized spacial score (nSPS) is 10.1. The molecule has 0 radical (unpaired) electrons. The third kappa shape index (κ3) is 2.98. The van der Waals surface area contributed by atoms with Crippen molar-refractivity contribution in [1.29, 1.82) is 0 Å². The molecule has 0 aromatic heterocycles. The molecule has 0 saturated heterocycles. The maximum Gasteiger partial charge on any atom is 0.146 e. The van der Waals surface area contributed by atoms with Crippen molar-refractivity contribution < 1.29 is 4.74 Å². The van der Waals surface area contributed by atoms with Crippen molar-refractivity contribution in [2.45, 2.75) is 0 Å². The molecule has 2 nitrogen and oxygen atoms in total. The van der Waals surface area contributed by atoms with E-state index in [9.17, 15) is 0 Å². The van der Waals surface area contributed by atoms with Crippen molar-refractivity contribution in [3.8, 4) is 11.5 Å². The minimum absolute atomic E-state index is 0. The first-order valence-electron chi connectivity index (χ1n) is 5.94. The second-order valence-corrected chi connectivity index (χ2v) is 4.71. The van der Waals surface area contributed by atoms with Crippen LogP contribution in [0.3, 0.4) is 0 Å². The predicted molar refractivity (Wildman–Crippen MR) is 87.1 cm³/mol. The number of benzene rings is 3. The van der Waals surface area contributed by atoms with E-state index in [1.807, 2.05) is 36.4 Å². The number of anilines is 1. The van der Waals surface area contributed by atoms with Gasteiger partial charge in [-0.25, -0.2) is 0 Å². The van der Waals surface area contributed by atoms with E-state index in [4.69, 9.17) is 22.1 Å². The summed E-state index contributed by atoms with van der Waals surface area (Å²) in [5.74, 6) is 1.36. The average Bonchev–Trinajstić information content (AvgIpc) is 2.42. The Morgan fingerprint density at radius 1 is 0.850 bits per heavy atom. The van der Waals surface area contributed by atoms with Gasteiger partial charge in [0.25, 0.3) is 0 Å². The summed E-state index contributed by atoms with van der Waals surface area (Å²) in [4.78, 5) is 0. The third-order valence-electron chi connectivity index (χ3n) is 2.90. The quantitative estimate of drug-likeness (QED) is 0.653. The topological polar surface area (TPSA) is 35.2 Å². The lowest BCUT2D eigenvalue weighted by Gasteiger charge is -2.09. The van der Waals surface area contributed by atoms with E-state index in [-0.39, 0.29) is 12.4 Å². The zero-order valence-electron chi connectivity index (χ0n) is 10.5. The Morgan fingerprint density at radius 3 is 2.35 bits per heavy atom. The largest absolute Gasteiger partial charge is 0.456 e. The summed E-state index contributed by atoms with van der Waals surface area (Å²) >= 11 is 6.09. The second-order valence-electron chi connectivity index (χ2n) is 4.30. The van der Waals surface area contributed by atoms with E-state index in [0.717, 1.165) is 11.1 Å². The lowest BCUT2D eigenvalue weighted by molar-refractivity contribution is 0.484. The number of nitrogens with two attached hydrogens (primary N) is 1. The van der Waals surface area contributed by atoms with Gasteiger partial charge in [0, 0.05) is 5.69 Å². The van der Waals surface area contributed by atoms with E-state index in [1.165, 1.54) is 5.39 Å². The van der Waals surface area contributed by atoms with Crippen LogP contribution in [0.1, 0.15) is 0 Å². The summed E-state index contributed by atoms with van der Waals surface area (Å²) in [6.07, 6.45) is 0. The molecular formula is C16H13Cl2NO. The zero-order valence-corrected chi connectivity index (χ0v) is 12.1. The van der Waals surface area contributed by atoms with E-state index in [1.54, 1.807) is 18.2 Å². The van der Waals surface area contributed by atoms with E-state index < -0.39 is 0 Å². The van der Waals surface area contributed by atoms with Crippen LogP contribution in [0.25, 0.3) is 10.8 Å². The number of halogens is 2. The molecular weight excluding hydrogens is 293 g/mol. The summed E-state index contributed by atoms with van der Waals surface area (Å²) < 4.78 is 5.78. The van der Waals surface area contributed by atoms with Crippen LogP contribution in [-0.2, 0) is 0 Å². The monoisotopic (exact) mass is 305 g/mol. The molecule has 0 aliphatic carbocycles. The fraction of sp³-hybridized carbons (Fsp3) is 0. The summed E-state index contributed by atoms with van der Waals surface area (Å²) in [6.45, 7) is 0. The van der Waals surface area contributed by atoms with Crippen molar-refractivity contribution in [2.75, 3.05) is 5.73 Å². The molecule has 0 aliphatic rings. The molecule has 102 valence electrons. The van der Waals surface area contributed by atoms with Crippen LogP contribution in [-0.4, -0.2) is 0 Å². The van der Waals surface area contributed by atoms with E-state index >= 15 is 0 Å². The van der Waals surface area contributed by atoms with Crippen molar-refractivity contribution in [1.82, 2.24) is 0 Å². The fourth-order valence-electron chi connectivity index (χ4n) is 1.96. The Balaban J connectivity index is 0.00000147. The molecule has 0 fully saturated rings. The number of hydrogen-bond donors (Lipinski definition) is 1. The first kappa shape index (κ1) is 14.5. The Hall–Kier alpha value is -1.90. The Kier molecular flexibility index (Phi) is 4.38. The molecule has 0 atom stereocenters.